The highest BCUT2D eigenvalue weighted by molar-refractivity contribution is 7.86. The Morgan fingerprint density at radius 1 is 1.13 bits per heavy atom. The number of amides is 1. The minimum Gasteiger partial charge on any atom is -0.383 e. The van der Waals surface area contributed by atoms with E-state index in [1.165, 1.54) is 12.1 Å². The molecule has 0 radical (unpaired) electrons. The summed E-state index contributed by atoms with van der Waals surface area (Å²) in [5.74, 6) is -0.396. The zero-order valence-electron chi connectivity index (χ0n) is 21.2. The van der Waals surface area contributed by atoms with Crippen LogP contribution >= 0.6 is 0 Å². The van der Waals surface area contributed by atoms with E-state index in [1.807, 2.05) is 28.8 Å². The van der Waals surface area contributed by atoms with Crippen molar-refractivity contribution in [3.63, 3.8) is 0 Å². The van der Waals surface area contributed by atoms with E-state index in [0.717, 1.165) is 28.3 Å². The highest BCUT2D eigenvalue weighted by atomic mass is 32.2. The molecule has 39 heavy (non-hydrogen) atoms. The number of imidazole rings is 1. The molecule has 1 amide bonds. The number of anilines is 1. The van der Waals surface area contributed by atoms with Crippen molar-refractivity contribution in [3.8, 4) is 11.8 Å². The van der Waals surface area contributed by atoms with Crippen LogP contribution in [0.25, 0.3) is 10.8 Å². The van der Waals surface area contributed by atoms with Crippen LogP contribution in [-0.4, -0.2) is 61.2 Å². The van der Waals surface area contributed by atoms with Crippen molar-refractivity contribution >= 4 is 32.5 Å². The Bertz CT molecular complexity index is 1700. The predicted octanol–water partition coefficient (Wildman–Crippen LogP) is 3.33. The summed E-state index contributed by atoms with van der Waals surface area (Å²) < 4.78 is 44.2. The van der Waals surface area contributed by atoms with E-state index in [1.54, 1.807) is 41.7 Å². The van der Waals surface area contributed by atoms with Crippen LogP contribution < -0.4 is 9.08 Å². The molecule has 2 heterocycles. The van der Waals surface area contributed by atoms with E-state index in [0.29, 0.717) is 38.3 Å². The first-order valence-electron chi connectivity index (χ1n) is 12.3. The normalized spacial score (nSPS) is 14.5. The van der Waals surface area contributed by atoms with E-state index in [4.69, 9.17) is 9.44 Å². The van der Waals surface area contributed by atoms with Gasteiger partial charge < -0.3 is 13.7 Å². The molecule has 1 aliphatic heterocycles. The molecule has 9 nitrogen and oxygen atoms in total. The van der Waals surface area contributed by atoms with Crippen LogP contribution in [0.5, 0.6) is 5.75 Å². The van der Waals surface area contributed by atoms with Crippen molar-refractivity contribution in [2.75, 3.05) is 37.3 Å². The molecule has 11 heteroatoms. The molecule has 5 rings (SSSR count). The van der Waals surface area contributed by atoms with Gasteiger partial charge in [-0.2, -0.15) is 13.7 Å². The van der Waals surface area contributed by atoms with E-state index in [2.05, 4.69) is 9.88 Å². The fraction of sp³-hybridized carbons (Fsp3) is 0.250. The van der Waals surface area contributed by atoms with E-state index in [9.17, 15) is 17.6 Å². The van der Waals surface area contributed by atoms with Gasteiger partial charge in [0.15, 0.2) is 0 Å². The summed E-state index contributed by atoms with van der Waals surface area (Å²) in [6, 6.07) is 17.0. The van der Waals surface area contributed by atoms with Crippen molar-refractivity contribution in [1.29, 1.82) is 5.26 Å². The smallest absolute Gasteiger partial charge is 0.306 e. The third-order valence-corrected chi connectivity index (χ3v) is 7.15. The molecule has 1 aromatic heterocycles. The second-order valence-corrected chi connectivity index (χ2v) is 11.0. The summed E-state index contributed by atoms with van der Waals surface area (Å²) in [6.07, 6.45) is 5.11. The molecule has 3 aromatic carbocycles. The molecule has 0 spiro atoms. The van der Waals surface area contributed by atoms with Crippen molar-refractivity contribution in [2.24, 2.45) is 0 Å². The Kier molecular flexibility index (Phi) is 7.32. The lowest BCUT2D eigenvalue weighted by molar-refractivity contribution is -0.121. The molecular weight excluding hydrogens is 521 g/mol. The molecule has 0 saturated carbocycles. The number of hydrogen-bond acceptors (Lipinski definition) is 7. The van der Waals surface area contributed by atoms with Crippen LogP contribution in [0.3, 0.4) is 0 Å². The Morgan fingerprint density at radius 3 is 2.72 bits per heavy atom. The first-order chi connectivity index (χ1) is 18.7. The highest BCUT2D eigenvalue weighted by Gasteiger charge is 2.26. The molecule has 1 fully saturated rings. The Morgan fingerprint density at radius 2 is 1.97 bits per heavy atom. The molecule has 1 saturated heterocycles. The minimum atomic E-state index is -3.67. The number of fused-ring (bicyclic) bond motifs is 1. The SMILES string of the molecule is CS(=O)(=O)Oc1ccc2cccc(N3CCN(CCc4cncn4Cc4ccc(C#N)c(F)c4)CC3=O)c2c1. The third kappa shape index (κ3) is 6.08. The average molecular weight is 548 g/mol. The second-order valence-electron chi connectivity index (χ2n) is 9.46. The van der Waals surface area contributed by atoms with Crippen molar-refractivity contribution in [2.45, 2.75) is 13.0 Å². The van der Waals surface area contributed by atoms with E-state index >= 15 is 0 Å². The fourth-order valence-electron chi connectivity index (χ4n) is 4.78. The highest BCUT2D eigenvalue weighted by Crippen LogP contribution is 2.31. The Hall–Kier alpha value is -4.27. The van der Waals surface area contributed by atoms with Gasteiger partial charge in [0.25, 0.3) is 0 Å². The number of carbonyl (C=O) groups excluding carboxylic acids is 1. The summed E-state index contributed by atoms with van der Waals surface area (Å²) in [6.45, 7) is 2.46. The van der Waals surface area contributed by atoms with Crippen molar-refractivity contribution in [3.05, 3.63) is 89.8 Å². The van der Waals surface area contributed by atoms with Gasteiger partial charge in [-0.1, -0.05) is 24.3 Å². The zero-order chi connectivity index (χ0) is 27.6. The number of carbonyl (C=O) groups is 1. The van der Waals surface area contributed by atoms with Gasteiger partial charge in [-0.25, -0.2) is 9.37 Å². The number of halogens is 1. The molecule has 1 aliphatic rings. The molecule has 200 valence electrons. The average Bonchev–Trinajstić information content (AvgIpc) is 3.33. The maximum atomic E-state index is 14.0. The summed E-state index contributed by atoms with van der Waals surface area (Å²) in [5.41, 5.74) is 2.42. The molecular formula is C28H26FN5O4S. The summed E-state index contributed by atoms with van der Waals surface area (Å²) in [5, 5.41) is 10.5. The van der Waals surface area contributed by atoms with Crippen LogP contribution in [0.2, 0.25) is 0 Å². The maximum Gasteiger partial charge on any atom is 0.306 e. The largest absolute Gasteiger partial charge is 0.383 e. The van der Waals surface area contributed by atoms with Gasteiger partial charge in [0.2, 0.25) is 5.91 Å². The third-order valence-electron chi connectivity index (χ3n) is 6.66. The lowest BCUT2D eigenvalue weighted by Gasteiger charge is -2.35. The Balaban J connectivity index is 1.24. The molecule has 0 atom stereocenters. The molecule has 0 unspecified atom stereocenters. The topological polar surface area (TPSA) is 109 Å². The standard InChI is InChI=1S/C28H26FN5O4S/c1-39(36,37)38-24-8-7-21-3-2-4-27(25(21)14-24)34-12-11-32(18-28(34)35)10-9-23-16-31-19-33(23)17-20-5-6-22(15-30)26(29)13-20/h2-8,13-14,16,19H,9-12,17-18H2,1H3. The molecule has 0 bridgehead atoms. The van der Waals surface area contributed by atoms with Gasteiger partial charge >= 0.3 is 10.1 Å². The number of rotatable bonds is 8. The minimum absolute atomic E-state index is 0.0135. The summed E-state index contributed by atoms with van der Waals surface area (Å²) in [4.78, 5) is 21.2. The first-order valence-corrected chi connectivity index (χ1v) is 14.1. The first kappa shape index (κ1) is 26.3. The summed E-state index contributed by atoms with van der Waals surface area (Å²) in [7, 11) is -3.67. The number of hydrogen-bond donors (Lipinski definition) is 0. The van der Waals surface area contributed by atoms with E-state index in [-0.39, 0.29) is 23.8 Å². The van der Waals surface area contributed by atoms with Crippen LogP contribution in [0.4, 0.5) is 10.1 Å². The number of nitriles is 1. The molecule has 4 aromatic rings. The molecule has 0 aliphatic carbocycles. The fourth-order valence-corrected chi connectivity index (χ4v) is 5.23. The number of benzene rings is 3. The number of nitrogens with zero attached hydrogens (tertiary/aromatic N) is 5. The quantitative estimate of drug-likeness (QED) is 0.311. The summed E-state index contributed by atoms with van der Waals surface area (Å²) >= 11 is 0. The van der Waals surface area contributed by atoms with Gasteiger partial charge in [0.1, 0.15) is 17.6 Å². The van der Waals surface area contributed by atoms with Crippen LogP contribution in [0.15, 0.2) is 67.1 Å². The Labute approximate surface area is 225 Å². The number of aromatic nitrogens is 2. The lowest BCUT2D eigenvalue weighted by Crippen LogP contribution is -2.51. The maximum absolute atomic E-state index is 14.0. The lowest BCUT2D eigenvalue weighted by atomic mass is 10.1. The van der Waals surface area contributed by atoms with Crippen molar-refractivity contribution < 1.29 is 21.8 Å². The number of piperazine rings is 1. The van der Waals surface area contributed by atoms with Gasteiger partial charge in [-0.15, -0.1) is 0 Å². The second kappa shape index (κ2) is 10.8. The van der Waals surface area contributed by atoms with Gasteiger partial charge in [0.05, 0.1) is 30.4 Å². The molecule has 0 N–H and O–H groups in total. The van der Waals surface area contributed by atoms with Crippen molar-refractivity contribution in [1.82, 2.24) is 14.5 Å². The monoisotopic (exact) mass is 547 g/mol. The van der Waals surface area contributed by atoms with Crippen LogP contribution in [0, 0.1) is 17.1 Å². The van der Waals surface area contributed by atoms with Gasteiger partial charge in [0, 0.05) is 49.9 Å². The van der Waals surface area contributed by atoms with Gasteiger partial charge in [-0.3, -0.25) is 9.69 Å². The van der Waals surface area contributed by atoms with Crippen LogP contribution in [-0.2, 0) is 27.9 Å². The van der Waals surface area contributed by atoms with E-state index < -0.39 is 15.9 Å². The predicted molar refractivity (Wildman–Crippen MR) is 144 cm³/mol. The van der Waals surface area contributed by atoms with Gasteiger partial charge in [-0.05, 0) is 41.3 Å². The van der Waals surface area contributed by atoms with Crippen LogP contribution in [0.1, 0.15) is 16.8 Å². The zero-order valence-corrected chi connectivity index (χ0v) is 22.1.